The number of benzene rings is 2. The number of nitrogens with zero attached hydrogens (tertiary/aromatic N) is 3. The van der Waals surface area contributed by atoms with Crippen molar-refractivity contribution in [3.63, 3.8) is 0 Å². The first-order valence-electron chi connectivity index (χ1n) is 12.1. The zero-order valence-electron chi connectivity index (χ0n) is 20.8. The monoisotopic (exact) mass is 474 g/mol. The Labute approximate surface area is 207 Å². The van der Waals surface area contributed by atoms with Gasteiger partial charge in [0.05, 0.1) is 12.5 Å². The van der Waals surface area contributed by atoms with Crippen molar-refractivity contribution in [2.24, 2.45) is 5.92 Å². The first-order valence-corrected chi connectivity index (χ1v) is 12.1. The minimum Gasteiger partial charge on any atom is -0.489 e. The summed E-state index contributed by atoms with van der Waals surface area (Å²) in [7, 11) is 0. The number of carbonyl (C=O) groups excluding carboxylic acids is 1. The van der Waals surface area contributed by atoms with Gasteiger partial charge in [-0.3, -0.25) is 9.69 Å². The number of nitrogens with one attached hydrogen (secondary N) is 1. The number of anilines is 1. The Hall–Kier alpha value is -3.45. The van der Waals surface area contributed by atoms with Crippen molar-refractivity contribution >= 4 is 11.6 Å². The van der Waals surface area contributed by atoms with Crippen LogP contribution in [-0.2, 0) is 16.8 Å². The van der Waals surface area contributed by atoms with Crippen molar-refractivity contribution in [3.8, 4) is 17.1 Å². The standard InChI is InChI=1S/C28H34N4O3/c1-5-16-34-24-10-6-9-23(17-24)29-27(33)21-8-7-15-32(18-21)19-25-30-26(31-35-25)20-11-13-22(14-12-20)28(2,3)4/h5-6,9-14,17,21H,1,7-8,15-16,18-19H2,2-4H3,(H,29,33). The van der Waals surface area contributed by atoms with E-state index >= 15 is 0 Å². The fraction of sp³-hybridized carbons (Fsp3) is 0.393. The summed E-state index contributed by atoms with van der Waals surface area (Å²) in [5.74, 6) is 1.76. The summed E-state index contributed by atoms with van der Waals surface area (Å²) in [6.45, 7) is 12.7. The lowest BCUT2D eigenvalue weighted by molar-refractivity contribution is -0.121. The average Bonchev–Trinajstić information content (AvgIpc) is 3.31. The maximum atomic E-state index is 12.9. The highest BCUT2D eigenvalue weighted by molar-refractivity contribution is 5.92. The molecule has 1 atom stereocenters. The largest absolute Gasteiger partial charge is 0.489 e. The maximum Gasteiger partial charge on any atom is 0.241 e. The summed E-state index contributed by atoms with van der Waals surface area (Å²) >= 11 is 0. The molecule has 184 valence electrons. The molecule has 2 aromatic carbocycles. The first-order chi connectivity index (χ1) is 16.8. The maximum absolute atomic E-state index is 12.9. The third kappa shape index (κ3) is 6.57. The van der Waals surface area contributed by atoms with Crippen LogP contribution in [0.5, 0.6) is 5.75 Å². The smallest absolute Gasteiger partial charge is 0.241 e. The second kappa shape index (κ2) is 10.9. The van der Waals surface area contributed by atoms with Crippen LogP contribution < -0.4 is 10.1 Å². The minimum atomic E-state index is -0.103. The second-order valence-electron chi connectivity index (χ2n) is 10.0. The molecule has 4 rings (SSSR count). The molecule has 1 aliphatic heterocycles. The lowest BCUT2D eigenvalue weighted by Gasteiger charge is -2.30. The second-order valence-corrected chi connectivity index (χ2v) is 10.0. The number of rotatable bonds is 8. The fourth-order valence-corrected chi connectivity index (χ4v) is 4.22. The van der Waals surface area contributed by atoms with Crippen LogP contribution in [0.3, 0.4) is 0 Å². The molecule has 0 saturated carbocycles. The third-order valence-corrected chi connectivity index (χ3v) is 6.18. The van der Waals surface area contributed by atoms with Gasteiger partial charge in [0.1, 0.15) is 12.4 Å². The van der Waals surface area contributed by atoms with E-state index in [1.54, 1.807) is 6.08 Å². The van der Waals surface area contributed by atoms with E-state index < -0.39 is 0 Å². The Morgan fingerprint density at radius 2 is 2.06 bits per heavy atom. The van der Waals surface area contributed by atoms with Gasteiger partial charge >= 0.3 is 0 Å². The number of carbonyl (C=O) groups is 1. The number of amides is 1. The normalized spacial score (nSPS) is 16.6. The third-order valence-electron chi connectivity index (χ3n) is 6.18. The Morgan fingerprint density at radius 1 is 1.26 bits per heavy atom. The van der Waals surface area contributed by atoms with E-state index in [9.17, 15) is 4.79 Å². The number of aromatic nitrogens is 2. The fourth-order valence-electron chi connectivity index (χ4n) is 4.22. The van der Waals surface area contributed by atoms with Crippen LogP contribution in [0.25, 0.3) is 11.4 Å². The summed E-state index contributed by atoms with van der Waals surface area (Å²) in [4.78, 5) is 19.7. The lowest BCUT2D eigenvalue weighted by Crippen LogP contribution is -2.40. The Morgan fingerprint density at radius 3 is 2.80 bits per heavy atom. The zero-order chi connectivity index (χ0) is 24.8. The van der Waals surface area contributed by atoms with Crippen LogP contribution in [0.2, 0.25) is 0 Å². The van der Waals surface area contributed by atoms with Gasteiger partial charge in [-0.15, -0.1) is 0 Å². The van der Waals surface area contributed by atoms with Gasteiger partial charge in [0.15, 0.2) is 0 Å². The molecule has 1 aromatic heterocycles. The highest BCUT2D eigenvalue weighted by atomic mass is 16.5. The van der Waals surface area contributed by atoms with E-state index in [4.69, 9.17) is 9.26 Å². The Balaban J connectivity index is 1.34. The van der Waals surface area contributed by atoms with E-state index in [0.717, 1.165) is 30.6 Å². The molecule has 35 heavy (non-hydrogen) atoms. The number of hydrogen-bond donors (Lipinski definition) is 1. The van der Waals surface area contributed by atoms with Crippen LogP contribution >= 0.6 is 0 Å². The van der Waals surface area contributed by atoms with Crippen molar-refractivity contribution in [2.45, 2.75) is 45.6 Å². The predicted octanol–water partition coefficient (Wildman–Crippen LogP) is 5.45. The molecular weight excluding hydrogens is 440 g/mol. The van der Waals surface area contributed by atoms with Gasteiger partial charge in [-0.25, -0.2) is 0 Å². The molecule has 7 nitrogen and oxygen atoms in total. The van der Waals surface area contributed by atoms with Gasteiger partial charge in [-0.05, 0) is 42.5 Å². The van der Waals surface area contributed by atoms with Gasteiger partial charge in [0, 0.05) is 23.9 Å². The van der Waals surface area contributed by atoms with Crippen molar-refractivity contribution in [1.29, 1.82) is 0 Å². The van der Waals surface area contributed by atoms with Crippen LogP contribution in [0, 0.1) is 5.92 Å². The molecule has 0 spiro atoms. The van der Waals surface area contributed by atoms with Crippen molar-refractivity contribution in [3.05, 3.63) is 72.6 Å². The molecule has 3 aromatic rings. The van der Waals surface area contributed by atoms with Crippen molar-refractivity contribution in [1.82, 2.24) is 15.0 Å². The van der Waals surface area contributed by atoms with Crippen LogP contribution in [0.1, 0.15) is 45.1 Å². The number of ether oxygens (including phenoxy) is 1. The van der Waals surface area contributed by atoms with Crippen LogP contribution in [0.4, 0.5) is 5.69 Å². The molecule has 1 amide bonds. The molecule has 0 bridgehead atoms. The number of piperidine rings is 1. The minimum absolute atomic E-state index is 0.0146. The average molecular weight is 475 g/mol. The van der Waals surface area contributed by atoms with Crippen LogP contribution in [-0.4, -0.2) is 40.6 Å². The summed E-state index contributed by atoms with van der Waals surface area (Å²) < 4.78 is 11.1. The SMILES string of the molecule is C=CCOc1cccc(NC(=O)C2CCCN(Cc3nc(-c4ccc(C(C)(C)C)cc4)no3)C2)c1. The Bertz CT molecular complexity index is 1150. The van der Waals surface area contributed by atoms with E-state index in [2.05, 4.69) is 59.8 Å². The molecule has 1 aliphatic rings. The molecule has 7 heteroatoms. The molecule has 0 aliphatic carbocycles. The molecule has 1 unspecified atom stereocenters. The lowest BCUT2D eigenvalue weighted by atomic mass is 9.87. The molecule has 1 saturated heterocycles. The van der Waals surface area contributed by atoms with Gasteiger partial charge < -0.3 is 14.6 Å². The van der Waals surface area contributed by atoms with Crippen LogP contribution in [0.15, 0.2) is 65.7 Å². The molecule has 1 N–H and O–H groups in total. The summed E-state index contributed by atoms with van der Waals surface area (Å²) in [6, 6.07) is 15.7. The van der Waals surface area contributed by atoms with Gasteiger partial charge in [0.25, 0.3) is 0 Å². The van der Waals surface area contributed by atoms with Crippen molar-refractivity contribution in [2.75, 3.05) is 25.0 Å². The van der Waals surface area contributed by atoms with Gasteiger partial charge in [-0.2, -0.15) is 4.98 Å². The number of hydrogen-bond acceptors (Lipinski definition) is 6. The predicted molar refractivity (Wildman–Crippen MR) is 137 cm³/mol. The van der Waals surface area contributed by atoms with E-state index in [1.165, 1.54) is 5.56 Å². The summed E-state index contributed by atoms with van der Waals surface area (Å²) in [6.07, 6.45) is 3.48. The molecule has 0 radical (unpaired) electrons. The topological polar surface area (TPSA) is 80.5 Å². The zero-order valence-corrected chi connectivity index (χ0v) is 20.8. The first kappa shape index (κ1) is 24.7. The molecular formula is C28H34N4O3. The Kier molecular flexibility index (Phi) is 7.66. The van der Waals surface area contributed by atoms with E-state index in [1.807, 2.05) is 36.4 Å². The molecule has 1 fully saturated rings. The molecule has 2 heterocycles. The van der Waals surface area contributed by atoms with E-state index in [-0.39, 0.29) is 17.2 Å². The summed E-state index contributed by atoms with van der Waals surface area (Å²) in [5, 5.41) is 7.20. The highest BCUT2D eigenvalue weighted by Gasteiger charge is 2.27. The van der Waals surface area contributed by atoms with Gasteiger partial charge in [-0.1, -0.05) is 68.9 Å². The quantitative estimate of drug-likeness (QED) is 0.437. The van der Waals surface area contributed by atoms with E-state index in [0.29, 0.717) is 37.2 Å². The number of likely N-dealkylation sites (tertiary alicyclic amines) is 1. The van der Waals surface area contributed by atoms with Crippen molar-refractivity contribution < 1.29 is 14.1 Å². The van der Waals surface area contributed by atoms with Gasteiger partial charge in [0.2, 0.25) is 17.6 Å². The summed E-state index contributed by atoms with van der Waals surface area (Å²) in [5.41, 5.74) is 3.02. The highest BCUT2D eigenvalue weighted by Crippen LogP contribution is 2.26.